The SMILES string of the molecule is C#Cn1c2ccc(C)cc2c2cc(C(C)c3cccc4ccccc34)ccc21.C#Cn1c2ccc(C)cc2c2cc(C(C)c3ccccc3)ccc21.Cc1ccc2[nH]c3ccc(C(C)c4ccc(C=O)cc4)cc3c2c1. The van der Waals surface area contributed by atoms with Crippen LogP contribution in [0.5, 0.6) is 0 Å². The summed E-state index contributed by atoms with van der Waals surface area (Å²) in [7, 11) is 0. The second-order valence-corrected chi connectivity index (χ2v) is 20.4. The third-order valence-electron chi connectivity index (χ3n) is 15.6. The Morgan fingerprint density at radius 1 is 0.395 bits per heavy atom. The van der Waals surface area contributed by atoms with Crippen LogP contribution in [0.4, 0.5) is 0 Å². The molecular weight excluding hydrogens is 923 g/mol. The van der Waals surface area contributed by atoms with Crippen LogP contribution in [-0.4, -0.2) is 20.4 Å². The van der Waals surface area contributed by atoms with Gasteiger partial charge in [-0.2, -0.15) is 0 Å². The van der Waals surface area contributed by atoms with E-state index in [1.807, 2.05) is 33.4 Å². The Bertz CT molecular complexity index is 4410. The molecule has 0 aliphatic heterocycles. The number of rotatable bonds is 7. The molecule has 0 radical (unpaired) electrons. The van der Waals surface area contributed by atoms with Gasteiger partial charge in [-0.15, -0.1) is 0 Å². The fourth-order valence-electron chi connectivity index (χ4n) is 11.2. The molecule has 1 N–H and O–H groups in total. The lowest BCUT2D eigenvalue weighted by Crippen LogP contribution is -1.97. The molecular formula is C72H59N3O. The minimum Gasteiger partial charge on any atom is -0.355 e. The molecule has 0 aliphatic rings. The fraction of sp³-hybridized carbons (Fsp3) is 0.125. The number of benzene rings is 10. The Labute approximate surface area is 445 Å². The summed E-state index contributed by atoms with van der Waals surface area (Å²) in [6.45, 7) is 13.1. The number of aldehydes is 1. The first-order chi connectivity index (χ1) is 37.0. The minimum absolute atomic E-state index is 0.282. The van der Waals surface area contributed by atoms with Crippen LogP contribution >= 0.6 is 0 Å². The number of hydrogen-bond acceptors (Lipinski definition) is 1. The van der Waals surface area contributed by atoms with E-state index in [9.17, 15) is 4.79 Å². The van der Waals surface area contributed by atoms with Gasteiger partial charge in [0.2, 0.25) is 0 Å². The van der Waals surface area contributed by atoms with Gasteiger partial charge in [-0.3, -0.25) is 13.9 Å². The van der Waals surface area contributed by atoms with Gasteiger partial charge in [-0.25, -0.2) is 0 Å². The minimum atomic E-state index is 0.282. The molecule has 0 saturated carbocycles. The zero-order valence-corrected chi connectivity index (χ0v) is 43.9. The maximum Gasteiger partial charge on any atom is 0.150 e. The standard InChI is InChI=1S/C27H21N.C23H19N.C22H19NO/c1-4-28-26-14-12-18(2)16-24(26)25-17-21(13-15-27(25)28)19(3)22-11-7-9-20-8-5-6-10-23(20)22;1-4-24-22-12-10-16(2)14-20(22)21-15-19(11-13-23(21)24)17(3)18-8-6-5-7-9-18;1-14-3-9-21-19(11-14)20-12-18(8-10-22(20)23-21)15(2)17-6-4-16(13-24)5-7-17/h1,5-17,19H,2-3H3;1,5-15,17H,2-3H3;3-13,15,23H,1-2H3. The number of carbonyl (C=O) groups is 1. The summed E-state index contributed by atoms with van der Waals surface area (Å²) >= 11 is 0. The number of fused-ring (bicyclic) bond motifs is 10. The monoisotopic (exact) mass is 981 g/mol. The zero-order valence-electron chi connectivity index (χ0n) is 43.9. The van der Waals surface area contributed by atoms with E-state index in [-0.39, 0.29) is 5.92 Å². The zero-order chi connectivity index (χ0) is 52.6. The molecule has 0 bridgehead atoms. The van der Waals surface area contributed by atoms with Crippen molar-refractivity contribution in [1.29, 1.82) is 0 Å². The number of terminal acetylenes is 2. The number of carbonyl (C=O) groups excluding carboxylic acids is 1. The Kier molecular flexibility index (Phi) is 13.2. The van der Waals surface area contributed by atoms with Crippen LogP contribution < -0.4 is 0 Å². The van der Waals surface area contributed by atoms with E-state index < -0.39 is 0 Å². The van der Waals surface area contributed by atoms with Crippen molar-refractivity contribution in [3.63, 3.8) is 0 Å². The second-order valence-electron chi connectivity index (χ2n) is 20.4. The number of hydrogen-bond donors (Lipinski definition) is 1. The summed E-state index contributed by atoms with van der Waals surface area (Å²) in [5.41, 5.74) is 19.0. The molecule has 368 valence electrons. The summed E-state index contributed by atoms with van der Waals surface area (Å²) in [5, 5.41) is 10.0. The van der Waals surface area contributed by atoms with Crippen molar-refractivity contribution in [2.24, 2.45) is 0 Å². The summed E-state index contributed by atoms with van der Waals surface area (Å²) < 4.78 is 3.90. The molecule has 0 fully saturated rings. The van der Waals surface area contributed by atoms with Crippen molar-refractivity contribution in [3.05, 3.63) is 262 Å². The van der Waals surface area contributed by atoms with Gasteiger partial charge in [0.05, 0.1) is 22.1 Å². The normalized spacial score (nSPS) is 12.5. The highest BCUT2D eigenvalue weighted by atomic mass is 16.1. The van der Waals surface area contributed by atoms with Crippen molar-refractivity contribution >= 4 is 82.5 Å². The lowest BCUT2D eigenvalue weighted by atomic mass is 9.88. The van der Waals surface area contributed by atoms with Crippen LogP contribution in [0.2, 0.25) is 0 Å². The first kappa shape index (κ1) is 48.9. The summed E-state index contributed by atoms with van der Waals surface area (Å²) in [6, 6.07) is 78.7. The van der Waals surface area contributed by atoms with Crippen molar-refractivity contribution in [3.8, 4) is 24.9 Å². The highest BCUT2D eigenvalue weighted by Gasteiger charge is 2.18. The van der Waals surface area contributed by atoms with Gasteiger partial charge in [0.25, 0.3) is 0 Å². The van der Waals surface area contributed by atoms with Gasteiger partial charge < -0.3 is 4.98 Å². The number of H-pyrrole nitrogens is 1. The number of aromatic nitrogens is 3. The van der Waals surface area contributed by atoms with E-state index in [0.717, 1.165) is 28.4 Å². The van der Waals surface area contributed by atoms with Gasteiger partial charge >= 0.3 is 0 Å². The van der Waals surface area contributed by atoms with E-state index in [1.54, 1.807) is 0 Å². The molecule has 10 aromatic carbocycles. The topological polar surface area (TPSA) is 42.7 Å². The van der Waals surface area contributed by atoms with Gasteiger partial charge in [0.15, 0.2) is 0 Å². The molecule has 3 heterocycles. The molecule has 3 unspecified atom stereocenters. The van der Waals surface area contributed by atoms with Crippen LogP contribution in [0.1, 0.15) is 99.0 Å². The predicted molar refractivity (Wildman–Crippen MR) is 322 cm³/mol. The molecule has 3 atom stereocenters. The lowest BCUT2D eigenvalue weighted by Gasteiger charge is -2.15. The van der Waals surface area contributed by atoms with Crippen LogP contribution in [0.3, 0.4) is 0 Å². The largest absolute Gasteiger partial charge is 0.355 e. The number of nitrogens with zero attached hydrogens (tertiary/aromatic N) is 2. The van der Waals surface area contributed by atoms with Crippen molar-refractivity contribution < 1.29 is 4.79 Å². The molecule has 0 saturated heterocycles. The molecule has 13 aromatic rings. The quantitative estimate of drug-likeness (QED) is 0.125. The van der Waals surface area contributed by atoms with Gasteiger partial charge in [0.1, 0.15) is 6.29 Å². The van der Waals surface area contributed by atoms with E-state index >= 15 is 0 Å². The summed E-state index contributed by atoms with van der Waals surface area (Å²) in [5.74, 6) is 0.930. The molecule has 4 nitrogen and oxygen atoms in total. The Balaban J connectivity index is 0.000000122. The number of nitrogens with one attached hydrogen (secondary N) is 1. The highest BCUT2D eigenvalue weighted by molar-refractivity contribution is 6.11. The van der Waals surface area contributed by atoms with Gasteiger partial charge in [0, 0.05) is 78.8 Å². The molecule has 0 spiro atoms. The van der Waals surface area contributed by atoms with Crippen molar-refractivity contribution in [2.45, 2.75) is 59.3 Å². The van der Waals surface area contributed by atoms with Crippen LogP contribution in [0.25, 0.3) is 76.2 Å². The molecule has 3 aromatic heterocycles. The predicted octanol–water partition coefficient (Wildman–Crippen LogP) is 18.1. The highest BCUT2D eigenvalue weighted by Crippen LogP contribution is 2.37. The van der Waals surface area contributed by atoms with Crippen molar-refractivity contribution in [2.75, 3.05) is 0 Å². The first-order valence-corrected chi connectivity index (χ1v) is 26.1. The maximum absolute atomic E-state index is 10.8. The molecule has 0 amide bonds. The number of aromatic amines is 1. The summed E-state index contributed by atoms with van der Waals surface area (Å²) in [4.78, 5) is 14.3. The second kappa shape index (κ2) is 20.5. The molecule has 4 heteroatoms. The molecule has 0 aliphatic carbocycles. The summed E-state index contributed by atoms with van der Waals surface area (Å²) in [6.07, 6.45) is 12.5. The lowest BCUT2D eigenvalue weighted by molar-refractivity contribution is 0.112. The Hall–Kier alpha value is -9.35. The average Bonchev–Trinajstić information content (AvgIpc) is 4.16. The molecule has 13 rings (SSSR count). The van der Waals surface area contributed by atoms with E-state index in [4.69, 9.17) is 12.8 Å². The maximum atomic E-state index is 10.8. The smallest absolute Gasteiger partial charge is 0.150 e. The van der Waals surface area contributed by atoms with Crippen LogP contribution in [0.15, 0.2) is 206 Å². The fourth-order valence-corrected chi connectivity index (χ4v) is 11.2. The Morgan fingerprint density at radius 2 is 0.803 bits per heavy atom. The average molecular weight is 982 g/mol. The third-order valence-corrected chi connectivity index (χ3v) is 15.6. The third kappa shape index (κ3) is 9.10. The van der Waals surface area contributed by atoms with Crippen LogP contribution in [0, 0.1) is 45.7 Å². The van der Waals surface area contributed by atoms with Crippen LogP contribution in [-0.2, 0) is 0 Å². The molecule has 76 heavy (non-hydrogen) atoms. The van der Waals surface area contributed by atoms with E-state index in [1.165, 1.54) is 104 Å². The number of aryl methyl sites for hydroxylation is 3. The first-order valence-electron chi connectivity index (χ1n) is 26.1. The van der Waals surface area contributed by atoms with Crippen molar-refractivity contribution in [1.82, 2.24) is 14.1 Å². The van der Waals surface area contributed by atoms with Gasteiger partial charge in [-0.05, 0) is 138 Å². The van der Waals surface area contributed by atoms with Gasteiger partial charge in [-0.1, -0.05) is 184 Å². The van der Waals surface area contributed by atoms with E-state index in [0.29, 0.717) is 17.4 Å². The Morgan fingerprint density at radius 3 is 1.37 bits per heavy atom. The van der Waals surface area contributed by atoms with E-state index in [2.05, 4.69) is 241 Å².